The number of nitrogens with one attached hydrogen (secondary N) is 1. The van der Waals surface area contributed by atoms with Crippen molar-refractivity contribution in [1.82, 2.24) is 14.9 Å². The van der Waals surface area contributed by atoms with Crippen molar-refractivity contribution in [3.63, 3.8) is 0 Å². The molecule has 6 heteroatoms. The maximum Gasteiger partial charge on any atom is 0.246 e. The van der Waals surface area contributed by atoms with E-state index in [1.165, 1.54) is 5.56 Å². The van der Waals surface area contributed by atoms with Gasteiger partial charge in [0, 0.05) is 44.3 Å². The molecule has 1 saturated heterocycles. The molecule has 2 heterocycles. The largest absolute Gasteiger partial charge is 0.338 e. The summed E-state index contributed by atoms with van der Waals surface area (Å²) in [5.74, 6) is 0.733. The van der Waals surface area contributed by atoms with Crippen LogP contribution in [0.15, 0.2) is 73.1 Å². The van der Waals surface area contributed by atoms with E-state index in [-0.39, 0.29) is 11.9 Å². The van der Waals surface area contributed by atoms with E-state index in [4.69, 9.17) is 0 Å². The lowest BCUT2D eigenvalue weighted by Gasteiger charge is -2.38. The molecule has 6 nitrogen and oxygen atoms in total. The van der Waals surface area contributed by atoms with Crippen LogP contribution in [0, 0.1) is 6.92 Å². The van der Waals surface area contributed by atoms with Crippen LogP contribution in [-0.2, 0) is 4.79 Å². The highest BCUT2D eigenvalue weighted by molar-refractivity contribution is 5.95. The Morgan fingerprint density at radius 1 is 0.897 bits per heavy atom. The summed E-state index contributed by atoms with van der Waals surface area (Å²) in [6, 6.07) is 19.4. The average molecular weight is 387 g/mol. The first-order valence-electron chi connectivity index (χ1n) is 9.89. The summed E-state index contributed by atoms with van der Waals surface area (Å²) in [5, 5.41) is 3.09. The Kier molecular flexibility index (Phi) is 5.81. The second-order valence-electron chi connectivity index (χ2n) is 7.24. The first-order chi connectivity index (χ1) is 14.2. The third-order valence-corrected chi connectivity index (χ3v) is 5.20. The SMILES string of the molecule is Cc1ccc(NC(=O)[C@H](c2ccccc2)N2CCN(c3ncccn3)CC2)cc1. The van der Waals surface area contributed by atoms with E-state index in [9.17, 15) is 4.79 Å². The van der Waals surface area contributed by atoms with Gasteiger partial charge >= 0.3 is 0 Å². The second kappa shape index (κ2) is 8.84. The molecular weight excluding hydrogens is 362 g/mol. The molecule has 29 heavy (non-hydrogen) atoms. The summed E-state index contributed by atoms with van der Waals surface area (Å²) in [6.45, 7) is 5.13. The molecule has 0 saturated carbocycles. The van der Waals surface area contributed by atoms with Crippen molar-refractivity contribution >= 4 is 17.5 Å². The number of hydrogen-bond donors (Lipinski definition) is 1. The van der Waals surface area contributed by atoms with Crippen molar-refractivity contribution in [1.29, 1.82) is 0 Å². The molecule has 148 valence electrons. The first-order valence-corrected chi connectivity index (χ1v) is 9.89. The number of amides is 1. The molecule has 0 aliphatic carbocycles. The third kappa shape index (κ3) is 4.60. The maximum atomic E-state index is 13.3. The number of aromatic nitrogens is 2. The van der Waals surface area contributed by atoms with Crippen LogP contribution >= 0.6 is 0 Å². The van der Waals surface area contributed by atoms with Crippen molar-refractivity contribution in [3.05, 3.63) is 84.2 Å². The zero-order valence-electron chi connectivity index (χ0n) is 16.5. The van der Waals surface area contributed by atoms with Crippen molar-refractivity contribution in [3.8, 4) is 0 Å². The van der Waals surface area contributed by atoms with Crippen LogP contribution in [0.25, 0.3) is 0 Å². The number of aryl methyl sites for hydroxylation is 1. The molecule has 2 aromatic carbocycles. The van der Waals surface area contributed by atoms with E-state index in [2.05, 4.69) is 25.1 Å². The van der Waals surface area contributed by atoms with E-state index in [1.54, 1.807) is 12.4 Å². The molecule has 1 amide bonds. The number of anilines is 2. The monoisotopic (exact) mass is 387 g/mol. The van der Waals surface area contributed by atoms with Gasteiger partial charge in [0.15, 0.2) is 0 Å². The number of carbonyl (C=O) groups excluding carboxylic acids is 1. The Bertz CT molecular complexity index is 923. The number of nitrogens with zero attached hydrogens (tertiary/aromatic N) is 4. The van der Waals surface area contributed by atoms with Gasteiger partial charge in [-0.15, -0.1) is 0 Å². The molecular formula is C23H25N5O. The number of rotatable bonds is 5. The first kappa shape index (κ1) is 19.1. The van der Waals surface area contributed by atoms with Crippen molar-refractivity contribution in [2.24, 2.45) is 0 Å². The zero-order chi connectivity index (χ0) is 20.1. The molecule has 4 rings (SSSR count). The van der Waals surface area contributed by atoms with E-state index >= 15 is 0 Å². The average Bonchev–Trinajstić information content (AvgIpc) is 2.77. The lowest BCUT2D eigenvalue weighted by molar-refractivity contribution is -0.121. The van der Waals surface area contributed by atoms with Gasteiger partial charge in [-0.25, -0.2) is 9.97 Å². The number of piperazine rings is 1. The molecule has 0 spiro atoms. The summed E-state index contributed by atoms with van der Waals surface area (Å²) in [4.78, 5) is 26.3. The molecule has 0 bridgehead atoms. The van der Waals surface area contributed by atoms with Crippen LogP contribution in [0.5, 0.6) is 0 Å². The van der Waals surface area contributed by atoms with Crippen LogP contribution < -0.4 is 10.2 Å². The Morgan fingerprint density at radius 2 is 1.55 bits per heavy atom. The van der Waals surface area contributed by atoms with Crippen LogP contribution in [0.2, 0.25) is 0 Å². The lowest BCUT2D eigenvalue weighted by atomic mass is 10.0. The highest BCUT2D eigenvalue weighted by atomic mass is 16.2. The Hall–Kier alpha value is -3.25. The third-order valence-electron chi connectivity index (χ3n) is 5.20. The highest BCUT2D eigenvalue weighted by Gasteiger charge is 2.31. The summed E-state index contributed by atoms with van der Waals surface area (Å²) in [5.41, 5.74) is 2.99. The predicted octanol–water partition coefficient (Wildman–Crippen LogP) is 3.29. The van der Waals surface area contributed by atoms with Crippen molar-refractivity contribution in [2.45, 2.75) is 13.0 Å². The number of carbonyl (C=O) groups is 1. The Morgan fingerprint density at radius 3 is 2.21 bits per heavy atom. The van der Waals surface area contributed by atoms with E-state index < -0.39 is 0 Å². The molecule has 0 radical (unpaired) electrons. The van der Waals surface area contributed by atoms with Gasteiger partial charge in [-0.1, -0.05) is 48.0 Å². The molecule has 1 aliphatic rings. The number of benzene rings is 2. The fourth-order valence-electron chi connectivity index (χ4n) is 3.65. The summed E-state index contributed by atoms with van der Waals surface area (Å²) in [6.07, 6.45) is 3.52. The topological polar surface area (TPSA) is 61.4 Å². The van der Waals surface area contributed by atoms with Crippen LogP contribution in [0.1, 0.15) is 17.2 Å². The molecule has 1 aromatic heterocycles. The minimum absolute atomic E-state index is 0.00976. The van der Waals surface area contributed by atoms with Crippen molar-refractivity contribution < 1.29 is 4.79 Å². The molecule has 1 fully saturated rings. The van der Waals surface area contributed by atoms with Gasteiger partial charge in [0.2, 0.25) is 11.9 Å². The van der Waals surface area contributed by atoms with Crippen LogP contribution in [0.3, 0.4) is 0 Å². The van der Waals surface area contributed by atoms with Gasteiger partial charge in [0.25, 0.3) is 0 Å². The summed E-state index contributed by atoms with van der Waals surface area (Å²) >= 11 is 0. The molecule has 1 N–H and O–H groups in total. The fraction of sp³-hybridized carbons (Fsp3) is 0.261. The van der Waals surface area contributed by atoms with Crippen LogP contribution in [0.4, 0.5) is 11.6 Å². The summed E-state index contributed by atoms with van der Waals surface area (Å²) in [7, 11) is 0. The normalized spacial score (nSPS) is 15.7. The minimum atomic E-state index is -0.337. The highest BCUT2D eigenvalue weighted by Crippen LogP contribution is 2.25. The Labute approximate surface area is 171 Å². The van der Waals surface area contributed by atoms with E-state index in [0.29, 0.717) is 0 Å². The number of hydrogen-bond acceptors (Lipinski definition) is 5. The van der Waals surface area contributed by atoms with E-state index in [1.807, 2.05) is 67.6 Å². The van der Waals surface area contributed by atoms with E-state index in [0.717, 1.165) is 43.4 Å². The van der Waals surface area contributed by atoms with Gasteiger partial charge in [-0.2, -0.15) is 0 Å². The quantitative estimate of drug-likeness (QED) is 0.728. The lowest BCUT2D eigenvalue weighted by Crippen LogP contribution is -2.50. The van der Waals surface area contributed by atoms with Crippen LogP contribution in [-0.4, -0.2) is 47.0 Å². The fourth-order valence-corrected chi connectivity index (χ4v) is 3.65. The molecule has 0 unspecified atom stereocenters. The summed E-state index contributed by atoms with van der Waals surface area (Å²) < 4.78 is 0. The molecule has 1 atom stereocenters. The minimum Gasteiger partial charge on any atom is -0.338 e. The maximum absolute atomic E-state index is 13.3. The smallest absolute Gasteiger partial charge is 0.246 e. The second-order valence-corrected chi connectivity index (χ2v) is 7.24. The Balaban J connectivity index is 1.51. The molecule has 1 aliphatic heterocycles. The zero-order valence-corrected chi connectivity index (χ0v) is 16.5. The van der Waals surface area contributed by atoms with Gasteiger partial charge in [0.05, 0.1) is 0 Å². The van der Waals surface area contributed by atoms with Gasteiger partial charge in [-0.3, -0.25) is 9.69 Å². The predicted molar refractivity (Wildman–Crippen MR) is 115 cm³/mol. The standard InChI is InChI=1S/C23H25N5O/c1-18-8-10-20(11-9-18)26-22(29)21(19-6-3-2-4-7-19)27-14-16-28(17-15-27)23-24-12-5-13-25-23/h2-13,21H,14-17H2,1H3,(H,26,29)/t21-/m0/s1. The van der Waals surface area contributed by atoms with Crippen molar-refractivity contribution in [2.75, 3.05) is 36.4 Å². The molecule has 3 aromatic rings. The van der Waals surface area contributed by atoms with Gasteiger partial charge in [-0.05, 0) is 30.7 Å². The van der Waals surface area contributed by atoms with Gasteiger partial charge in [0.1, 0.15) is 6.04 Å². The van der Waals surface area contributed by atoms with Gasteiger partial charge < -0.3 is 10.2 Å².